The van der Waals surface area contributed by atoms with Crippen LogP contribution in [-0.4, -0.2) is 48.9 Å². The highest BCUT2D eigenvalue weighted by Crippen LogP contribution is 2.33. The first-order valence-electron chi connectivity index (χ1n) is 9.34. The number of rotatable bonds is 5. The zero-order valence-electron chi connectivity index (χ0n) is 16.0. The van der Waals surface area contributed by atoms with Crippen LogP contribution in [0.4, 0.5) is 25.0 Å². The van der Waals surface area contributed by atoms with Gasteiger partial charge in [0.25, 0.3) is 5.91 Å². The number of hydrogen-bond donors (Lipinski definition) is 2. The number of carbonyl (C=O) groups is 3. The maximum atomic E-state index is 14.0. The Morgan fingerprint density at radius 2 is 1.79 bits per heavy atom. The predicted molar refractivity (Wildman–Crippen MR) is 100.0 cm³/mol. The van der Waals surface area contributed by atoms with E-state index in [0.717, 1.165) is 36.3 Å². The fraction of sp³-hybridized carbons (Fsp3) is 0.526. The van der Waals surface area contributed by atoms with Crippen LogP contribution in [-0.2, 0) is 9.59 Å². The van der Waals surface area contributed by atoms with E-state index in [2.05, 4.69) is 10.6 Å². The molecule has 0 atom stereocenters. The summed E-state index contributed by atoms with van der Waals surface area (Å²) in [7, 11) is 3.02. The standard InChI is InChI=1S/C19H24F2N4O3/c1-24(2)16-13(20)10-12(11-14(16)21)22-15(26)6-9-25-17(27)19(23-18(25)28)7-4-3-5-8-19/h10-11H,3-9H2,1-2H3,(H,22,26)(H,23,28). The smallest absolute Gasteiger partial charge is 0.325 e. The van der Waals surface area contributed by atoms with Gasteiger partial charge in [0, 0.05) is 32.7 Å². The molecule has 1 aromatic carbocycles. The van der Waals surface area contributed by atoms with E-state index in [4.69, 9.17) is 0 Å². The van der Waals surface area contributed by atoms with Crippen molar-refractivity contribution in [3.63, 3.8) is 0 Å². The molecule has 2 aliphatic rings. The van der Waals surface area contributed by atoms with Crippen LogP contribution in [0.15, 0.2) is 12.1 Å². The molecule has 7 nitrogen and oxygen atoms in total. The van der Waals surface area contributed by atoms with E-state index < -0.39 is 29.1 Å². The molecule has 1 saturated carbocycles. The molecule has 28 heavy (non-hydrogen) atoms. The highest BCUT2D eigenvalue weighted by molar-refractivity contribution is 6.07. The van der Waals surface area contributed by atoms with Gasteiger partial charge in [0.2, 0.25) is 5.91 Å². The first-order chi connectivity index (χ1) is 13.2. The molecule has 3 rings (SSSR count). The molecule has 9 heteroatoms. The third kappa shape index (κ3) is 3.79. The fourth-order valence-corrected chi connectivity index (χ4v) is 3.88. The Morgan fingerprint density at radius 3 is 2.36 bits per heavy atom. The Bertz CT molecular complexity index is 783. The van der Waals surface area contributed by atoms with Crippen LogP contribution in [0, 0.1) is 11.6 Å². The van der Waals surface area contributed by atoms with Crippen molar-refractivity contribution in [2.45, 2.75) is 44.1 Å². The lowest BCUT2D eigenvalue weighted by molar-refractivity contribution is -0.132. The summed E-state index contributed by atoms with van der Waals surface area (Å²) in [6.45, 7) is -0.0843. The summed E-state index contributed by atoms with van der Waals surface area (Å²) in [6.07, 6.45) is 3.84. The third-order valence-corrected chi connectivity index (χ3v) is 5.26. The van der Waals surface area contributed by atoms with Crippen molar-refractivity contribution in [2.24, 2.45) is 0 Å². The Hall–Kier alpha value is -2.71. The number of nitrogens with zero attached hydrogens (tertiary/aromatic N) is 2. The van der Waals surface area contributed by atoms with E-state index in [9.17, 15) is 23.2 Å². The number of nitrogens with one attached hydrogen (secondary N) is 2. The molecular weight excluding hydrogens is 370 g/mol. The minimum atomic E-state index is -0.833. The molecule has 1 heterocycles. The molecule has 1 saturated heterocycles. The Labute approximate surface area is 162 Å². The first kappa shape index (κ1) is 20.0. The molecule has 0 unspecified atom stereocenters. The predicted octanol–water partition coefficient (Wildman–Crippen LogP) is 2.61. The van der Waals surface area contributed by atoms with E-state index >= 15 is 0 Å². The zero-order chi connectivity index (χ0) is 20.5. The van der Waals surface area contributed by atoms with E-state index in [1.807, 2.05) is 0 Å². The van der Waals surface area contributed by atoms with E-state index in [1.165, 1.54) is 19.0 Å². The quantitative estimate of drug-likeness (QED) is 0.753. The summed E-state index contributed by atoms with van der Waals surface area (Å²) < 4.78 is 28.0. The van der Waals surface area contributed by atoms with Crippen molar-refractivity contribution in [3.05, 3.63) is 23.8 Å². The molecule has 4 amide bonds. The van der Waals surface area contributed by atoms with Crippen molar-refractivity contribution >= 4 is 29.2 Å². The largest absolute Gasteiger partial charge is 0.373 e. The first-order valence-corrected chi connectivity index (χ1v) is 9.34. The van der Waals surface area contributed by atoms with Crippen LogP contribution in [0.1, 0.15) is 38.5 Å². The number of halogens is 2. The SMILES string of the molecule is CN(C)c1c(F)cc(NC(=O)CCN2C(=O)NC3(CCCCC3)C2=O)cc1F. The monoisotopic (exact) mass is 394 g/mol. The summed E-state index contributed by atoms with van der Waals surface area (Å²) in [6, 6.07) is 1.56. The van der Waals surface area contributed by atoms with Crippen molar-refractivity contribution < 1.29 is 23.2 Å². The number of benzene rings is 1. The van der Waals surface area contributed by atoms with Gasteiger partial charge in [0.15, 0.2) is 11.6 Å². The van der Waals surface area contributed by atoms with Crippen molar-refractivity contribution in [1.82, 2.24) is 10.2 Å². The second-order valence-corrected chi connectivity index (χ2v) is 7.51. The van der Waals surface area contributed by atoms with E-state index in [0.29, 0.717) is 12.8 Å². The van der Waals surface area contributed by atoms with Crippen LogP contribution in [0.2, 0.25) is 0 Å². The molecule has 152 valence electrons. The molecule has 1 aliphatic carbocycles. The lowest BCUT2D eigenvalue weighted by Crippen LogP contribution is -2.48. The number of imide groups is 1. The fourth-order valence-electron chi connectivity index (χ4n) is 3.88. The van der Waals surface area contributed by atoms with Crippen molar-refractivity contribution in [1.29, 1.82) is 0 Å². The minimum absolute atomic E-state index is 0.0217. The van der Waals surface area contributed by atoms with Gasteiger partial charge in [0.05, 0.1) is 0 Å². The Balaban J connectivity index is 1.60. The van der Waals surface area contributed by atoms with Gasteiger partial charge in [-0.05, 0) is 25.0 Å². The Kier molecular flexibility index (Phi) is 5.53. The molecule has 1 spiro atoms. The van der Waals surface area contributed by atoms with Crippen molar-refractivity contribution in [3.8, 4) is 0 Å². The summed E-state index contributed by atoms with van der Waals surface area (Å²) >= 11 is 0. The molecule has 1 aromatic rings. The third-order valence-electron chi connectivity index (χ3n) is 5.26. The molecular formula is C19H24F2N4O3. The molecule has 0 bridgehead atoms. The second-order valence-electron chi connectivity index (χ2n) is 7.51. The van der Waals surface area contributed by atoms with Gasteiger partial charge in [-0.3, -0.25) is 14.5 Å². The summed E-state index contributed by atoms with van der Waals surface area (Å²) in [5, 5.41) is 5.18. The van der Waals surface area contributed by atoms with Gasteiger partial charge in [-0.25, -0.2) is 13.6 Å². The molecule has 2 fully saturated rings. The number of amides is 4. The number of anilines is 2. The maximum absolute atomic E-state index is 14.0. The van der Waals surface area contributed by atoms with Crippen molar-refractivity contribution in [2.75, 3.05) is 30.9 Å². The Morgan fingerprint density at radius 1 is 1.18 bits per heavy atom. The van der Waals surface area contributed by atoms with Gasteiger partial charge in [-0.2, -0.15) is 0 Å². The highest BCUT2D eigenvalue weighted by atomic mass is 19.1. The summed E-state index contributed by atoms with van der Waals surface area (Å²) in [5.41, 5.74) is -1.05. The average Bonchev–Trinajstić information content (AvgIpc) is 2.82. The van der Waals surface area contributed by atoms with Crippen LogP contribution < -0.4 is 15.5 Å². The summed E-state index contributed by atoms with van der Waals surface area (Å²) in [4.78, 5) is 39.4. The lowest BCUT2D eigenvalue weighted by atomic mass is 9.82. The minimum Gasteiger partial charge on any atom is -0.373 e. The topological polar surface area (TPSA) is 81.8 Å². The van der Waals surface area contributed by atoms with E-state index in [1.54, 1.807) is 0 Å². The zero-order valence-corrected chi connectivity index (χ0v) is 16.0. The van der Waals surface area contributed by atoms with Gasteiger partial charge < -0.3 is 15.5 Å². The van der Waals surface area contributed by atoms with E-state index in [-0.39, 0.29) is 30.2 Å². The molecule has 0 aromatic heterocycles. The summed E-state index contributed by atoms with van der Waals surface area (Å²) in [5.74, 6) is -2.43. The van der Waals surface area contributed by atoms with Gasteiger partial charge in [0.1, 0.15) is 11.2 Å². The highest BCUT2D eigenvalue weighted by Gasteiger charge is 2.51. The van der Waals surface area contributed by atoms with Gasteiger partial charge in [-0.1, -0.05) is 19.3 Å². The molecule has 2 N–H and O–H groups in total. The van der Waals surface area contributed by atoms with Crippen LogP contribution in [0.25, 0.3) is 0 Å². The number of carbonyl (C=O) groups excluding carboxylic acids is 3. The number of urea groups is 1. The molecule has 0 radical (unpaired) electrons. The van der Waals surface area contributed by atoms with Crippen LogP contribution in [0.3, 0.4) is 0 Å². The normalized spacial score (nSPS) is 18.4. The van der Waals surface area contributed by atoms with Gasteiger partial charge in [-0.15, -0.1) is 0 Å². The molecule has 1 aliphatic heterocycles. The lowest BCUT2D eigenvalue weighted by Gasteiger charge is -2.30. The van der Waals surface area contributed by atoms with Gasteiger partial charge >= 0.3 is 6.03 Å². The maximum Gasteiger partial charge on any atom is 0.325 e. The number of hydrogen-bond acceptors (Lipinski definition) is 4. The van der Waals surface area contributed by atoms with Crippen LogP contribution >= 0.6 is 0 Å². The average molecular weight is 394 g/mol. The second kappa shape index (κ2) is 7.73. The van der Waals surface area contributed by atoms with Crippen LogP contribution in [0.5, 0.6) is 0 Å².